The summed E-state index contributed by atoms with van der Waals surface area (Å²) >= 11 is 0. The van der Waals surface area contributed by atoms with Crippen LogP contribution in [-0.4, -0.2) is 17.9 Å². The fourth-order valence-corrected chi connectivity index (χ4v) is 1.85. The molecule has 104 valence electrons. The van der Waals surface area contributed by atoms with Crippen LogP contribution in [0.15, 0.2) is 36.4 Å². The number of aromatic nitrogens is 1. The zero-order chi connectivity index (χ0) is 14.5. The summed E-state index contributed by atoms with van der Waals surface area (Å²) in [7, 11) is 1.57. The number of pyridine rings is 1. The molecule has 0 aliphatic heterocycles. The maximum Gasteiger partial charge on any atom is 0.213 e. The number of ether oxygens (including phenoxy) is 2. The van der Waals surface area contributed by atoms with Crippen molar-refractivity contribution in [1.82, 2.24) is 4.98 Å². The number of aryl methyl sites for hydroxylation is 1. The van der Waals surface area contributed by atoms with Crippen molar-refractivity contribution < 1.29 is 14.3 Å². The number of hydrogen-bond acceptors (Lipinski definition) is 4. The van der Waals surface area contributed by atoms with Crippen LogP contribution in [0.25, 0.3) is 0 Å². The van der Waals surface area contributed by atoms with Crippen LogP contribution in [0.1, 0.15) is 28.5 Å². The first-order valence-electron chi connectivity index (χ1n) is 6.34. The second kappa shape index (κ2) is 6.19. The van der Waals surface area contributed by atoms with Gasteiger partial charge in [0.1, 0.15) is 12.4 Å². The van der Waals surface area contributed by atoms with Crippen molar-refractivity contribution in [3.8, 4) is 11.6 Å². The fourth-order valence-electron chi connectivity index (χ4n) is 1.85. The van der Waals surface area contributed by atoms with Gasteiger partial charge in [0, 0.05) is 6.07 Å². The minimum absolute atomic E-state index is 0.0118. The van der Waals surface area contributed by atoms with E-state index in [-0.39, 0.29) is 5.78 Å². The molecule has 0 bridgehead atoms. The molecule has 20 heavy (non-hydrogen) atoms. The van der Waals surface area contributed by atoms with Crippen LogP contribution >= 0.6 is 0 Å². The lowest BCUT2D eigenvalue weighted by Crippen LogP contribution is -2.03. The van der Waals surface area contributed by atoms with Crippen molar-refractivity contribution in [3.05, 3.63) is 53.2 Å². The highest BCUT2D eigenvalue weighted by Gasteiger charge is 2.09. The highest BCUT2D eigenvalue weighted by atomic mass is 16.5. The van der Waals surface area contributed by atoms with E-state index in [1.165, 1.54) is 6.92 Å². The van der Waals surface area contributed by atoms with E-state index in [2.05, 4.69) is 4.98 Å². The Morgan fingerprint density at radius 3 is 2.75 bits per heavy atom. The predicted octanol–water partition coefficient (Wildman–Crippen LogP) is 3.18. The van der Waals surface area contributed by atoms with E-state index < -0.39 is 0 Å². The van der Waals surface area contributed by atoms with Crippen molar-refractivity contribution in [2.24, 2.45) is 0 Å². The highest BCUT2D eigenvalue weighted by molar-refractivity contribution is 5.97. The van der Waals surface area contributed by atoms with Gasteiger partial charge in [-0.2, -0.15) is 0 Å². The van der Waals surface area contributed by atoms with Gasteiger partial charge in [0.15, 0.2) is 5.78 Å². The summed E-state index contributed by atoms with van der Waals surface area (Å²) in [6.07, 6.45) is 0. The molecule has 0 aliphatic carbocycles. The molecule has 1 aromatic heterocycles. The maximum absolute atomic E-state index is 11.6. The van der Waals surface area contributed by atoms with Gasteiger partial charge >= 0.3 is 0 Å². The van der Waals surface area contributed by atoms with Gasteiger partial charge in [-0.3, -0.25) is 4.79 Å². The minimum Gasteiger partial charge on any atom is -0.487 e. The summed E-state index contributed by atoms with van der Waals surface area (Å²) < 4.78 is 10.8. The Bertz CT molecular complexity index is 623. The van der Waals surface area contributed by atoms with Gasteiger partial charge in [-0.05, 0) is 32.0 Å². The van der Waals surface area contributed by atoms with Gasteiger partial charge in [-0.15, -0.1) is 0 Å². The molecule has 0 spiro atoms. The number of Topliss-reactive ketones (excluding diaryl/α,β-unsaturated/α-hetero) is 1. The number of benzene rings is 1. The summed E-state index contributed by atoms with van der Waals surface area (Å²) in [6.45, 7) is 3.77. The molecule has 0 aliphatic rings. The predicted molar refractivity (Wildman–Crippen MR) is 76.3 cm³/mol. The van der Waals surface area contributed by atoms with Crippen LogP contribution in [0.5, 0.6) is 11.6 Å². The first kappa shape index (κ1) is 14.1. The van der Waals surface area contributed by atoms with Crippen molar-refractivity contribution in [3.63, 3.8) is 0 Å². The van der Waals surface area contributed by atoms with Gasteiger partial charge < -0.3 is 9.47 Å². The van der Waals surface area contributed by atoms with Crippen molar-refractivity contribution >= 4 is 5.78 Å². The molecule has 0 atom stereocenters. The van der Waals surface area contributed by atoms with Crippen LogP contribution < -0.4 is 9.47 Å². The summed E-state index contributed by atoms with van der Waals surface area (Å²) in [6, 6.07) is 11.0. The molecule has 0 saturated carbocycles. The van der Waals surface area contributed by atoms with Crippen molar-refractivity contribution in [2.45, 2.75) is 20.5 Å². The van der Waals surface area contributed by atoms with Crippen molar-refractivity contribution in [1.29, 1.82) is 0 Å². The summed E-state index contributed by atoms with van der Waals surface area (Å²) in [4.78, 5) is 15.9. The third-order valence-electron chi connectivity index (χ3n) is 2.88. The van der Waals surface area contributed by atoms with Crippen LogP contribution in [0.3, 0.4) is 0 Å². The number of methoxy groups -OCH3 is 1. The third kappa shape index (κ3) is 3.35. The first-order valence-corrected chi connectivity index (χ1v) is 6.34. The second-order valence-electron chi connectivity index (χ2n) is 4.52. The second-order valence-corrected chi connectivity index (χ2v) is 4.52. The molecule has 0 radical (unpaired) electrons. The lowest BCUT2D eigenvalue weighted by Gasteiger charge is -2.10. The Balaban J connectivity index is 2.16. The number of hydrogen-bond donors (Lipinski definition) is 0. The van der Waals surface area contributed by atoms with Crippen LogP contribution in [0.2, 0.25) is 0 Å². The van der Waals surface area contributed by atoms with E-state index >= 15 is 0 Å². The minimum atomic E-state index is -0.0118. The topological polar surface area (TPSA) is 48.4 Å². The standard InChI is InChI=1S/C16H17NO3/c1-11-7-8-15(14(9-11)12(2)18)20-10-13-5-4-6-16(17-13)19-3/h4-9H,10H2,1-3H3. The largest absolute Gasteiger partial charge is 0.487 e. The van der Waals surface area contributed by atoms with Gasteiger partial charge in [0.05, 0.1) is 18.4 Å². The van der Waals surface area contributed by atoms with E-state index in [1.54, 1.807) is 13.2 Å². The summed E-state index contributed by atoms with van der Waals surface area (Å²) in [5.41, 5.74) is 2.37. The monoisotopic (exact) mass is 271 g/mol. The van der Waals surface area contributed by atoms with Crippen LogP contribution in [-0.2, 0) is 6.61 Å². The molecule has 0 N–H and O–H groups in total. The zero-order valence-electron chi connectivity index (χ0n) is 11.8. The summed E-state index contributed by atoms with van der Waals surface area (Å²) in [5, 5.41) is 0. The molecule has 0 saturated heterocycles. The number of nitrogens with zero attached hydrogens (tertiary/aromatic N) is 1. The van der Waals surface area contributed by atoms with E-state index in [0.29, 0.717) is 23.8 Å². The molecule has 0 fully saturated rings. The third-order valence-corrected chi connectivity index (χ3v) is 2.88. The van der Waals surface area contributed by atoms with E-state index in [9.17, 15) is 4.79 Å². The molecular formula is C16H17NO3. The van der Waals surface area contributed by atoms with Gasteiger partial charge in [0.25, 0.3) is 0 Å². The number of rotatable bonds is 5. The summed E-state index contributed by atoms with van der Waals surface area (Å²) in [5.74, 6) is 1.11. The van der Waals surface area contributed by atoms with Crippen LogP contribution in [0, 0.1) is 6.92 Å². The molecule has 0 unspecified atom stereocenters. The molecular weight excluding hydrogens is 254 g/mol. The normalized spacial score (nSPS) is 10.2. The molecule has 2 aromatic rings. The molecule has 4 nitrogen and oxygen atoms in total. The fraction of sp³-hybridized carbons (Fsp3) is 0.250. The molecule has 2 rings (SSSR count). The Morgan fingerprint density at radius 2 is 2.05 bits per heavy atom. The van der Waals surface area contributed by atoms with Gasteiger partial charge in [0.2, 0.25) is 5.88 Å². The van der Waals surface area contributed by atoms with Crippen molar-refractivity contribution in [2.75, 3.05) is 7.11 Å². The maximum atomic E-state index is 11.6. The Hall–Kier alpha value is -2.36. The Kier molecular flexibility index (Phi) is 4.35. The Labute approximate surface area is 118 Å². The first-order chi connectivity index (χ1) is 9.60. The molecule has 1 aromatic carbocycles. The molecule has 1 heterocycles. The van der Waals surface area contributed by atoms with Gasteiger partial charge in [-0.25, -0.2) is 4.98 Å². The number of ketones is 1. The molecule has 4 heteroatoms. The van der Waals surface area contributed by atoms with Crippen LogP contribution in [0.4, 0.5) is 0 Å². The SMILES string of the molecule is COc1cccc(COc2ccc(C)cc2C(C)=O)n1. The average molecular weight is 271 g/mol. The zero-order valence-corrected chi connectivity index (χ0v) is 11.8. The van der Waals surface area contributed by atoms with E-state index in [4.69, 9.17) is 9.47 Å². The lowest BCUT2D eigenvalue weighted by molar-refractivity contribution is 0.101. The van der Waals surface area contributed by atoms with Gasteiger partial charge in [-0.1, -0.05) is 17.7 Å². The number of carbonyl (C=O) groups excluding carboxylic acids is 1. The Morgan fingerprint density at radius 1 is 1.25 bits per heavy atom. The van der Waals surface area contributed by atoms with E-state index in [1.807, 2.05) is 37.3 Å². The van der Waals surface area contributed by atoms with E-state index in [0.717, 1.165) is 11.3 Å². The highest BCUT2D eigenvalue weighted by Crippen LogP contribution is 2.21. The smallest absolute Gasteiger partial charge is 0.213 e. The quantitative estimate of drug-likeness (QED) is 0.784. The number of carbonyl (C=O) groups is 1. The lowest BCUT2D eigenvalue weighted by atomic mass is 10.1. The average Bonchev–Trinajstić information content (AvgIpc) is 2.46. The molecule has 0 amide bonds.